The van der Waals surface area contributed by atoms with Crippen molar-refractivity contribution < 1.29 is 0 Å². The predicted octanol–water partition coefficient (Wildman–Crippen LogP) is 2.47. The number of rotatable bonds is 9. The van der Waals surface area contributed by atoms with E-state index in [0.717, 1.165) is 13.0 Å². The van der Waals surface area contributed by atoms with Crippen LogP contribution < -0.4 is 5.32 Å². The molecule has 1 aromatic rings. The second kappa shape index (κ2) is 8.59. The zero-order valence-corrected chi connectivity index (χ0v) is 12.1. The highest BCUT2D eigenvalue weighted by molar-refractivity contribution is 7.98. The van der Waals surface area contributed by atoms with Gasteiger partial charge in [-0.25, -0.2) is 4.98 Å². The minimum Gasteiger partial charge on any atom is -0.338 e. The second-order valence-corrected chi connectivity index (χ2v) is 5.41. The van der Waals surface area contributed by atoms with Crippen LogP contribution in [0.15, 0.2) is 12.4 Å². The van der Waals surface area contributed by atoms with Crippen molar-refractivity contribution >= 4 is 11.8 Å². The molecule has 0 amide bonds. The Hall–Kier alpha value is -0.480. The molecule has 0 aliphatic heterocycles. The highest BCUT2D eigenvalue weighted by atomic mass is 32.2. The molecular formula is C13H25N3S. The molecule has 1 N–H and O–H groups in total. The Morgan fingerprint density at radius 2 is 2.29 bits per heavy atom. The first-order valence-corrected chi connectivity index (χ1v) is 7.85. The second-order valence-electron chi connectivity index (χ2n) is 4.43. The van der Waals surface area contributed by atoms with Crippen LogP contribution in [0.1, 0.15) is 32.0 Å². The van der Waals surface area contributed by atoms with Gasteiger partial charge in [0.2, 0.25) is 0 Å². The highest BCUT2D eigenvalue weighted by Crippen LogP contribution is 2.08. The van der Waals surface area contributed by atoms with Gasteiger partial charge in [0.1, 0.15) is 5.82 Å². The van der Waals surface area contributed by atoms with Gasteiger partial charge in [-0.05, 0) is 37.8 Å². The molecule has 17 heavy (non-hydrogen) atoms. The first kappa shape index (κ1) is 14.6. The van der Waals surface area contributed by atoms with Crippen molar-refractivity contribution in [2.75, 3.05) is 18.6 Å². The molecule has 0 saturated carbocycles. The minimum atomic E-state index is 0.638. The fourth-order valence-electron chi connectivity index (χ4n) is 1.90. The Bertz CT molecular complexity index is 291. The minimum absolute atomic E-state index is 0.638. The zero-order chi connectivity index (χ0) is 12.5. The molecule has 0 aliphatic rings. The number of hydrogen-bond donors (Lipinski definition) is 1. The number of imidazole rings is 1. The smallest absolute Gasteiger partial charge is 0.108 e. The van der Waals surface area contributed by atoms with Crippen LogP contribution in [-0.4, -0.2) is 34.1 Å². The number of nitrogens with one attached hydrogen (secondary N) is 1. The molecule has 0 radical (unpaired) electrons. The van der Waals surface area contributed by atoms with E-state index in [0.29, 0.717) is 6.04 Å². The standard InChI is InChI=1S/C13H25N3S/c1-4-8-14-12(7-11-17-3)5-6-13-15-9-10-16(13)2/h9-10,12,14H,4-8,11H2,1-3H3. The summed E-state index contributed by atoms with van der Waals surface area (Å²) in [5.74, 6) is 2.43. The summed E-state index contributed by atoms with van der Waals surface area (Å²) in [6.45, 7) is 3.34. The molecule has 0 aromatic carbocycles. The predicted molar refractivity (Wildman–Crippen MR) is 76.6 cm³/mol. The number of nitrogens with zero attached hydrogens (tertiary/aromatic N) is 2. The van der Waals surface area contributed by atoms with Crippen molar-refractivity contribution in [1.82, 2.24) is 14.9 Å². The van der Waals surface area contributed by atoms with Gasteiger partial charge < -0.3 is 9.88 Å². The van der Waals surface area contributed by atoms with Gasteiger partial charge in [0, 0.05) is 31.9 Å². The van der Waals surface area contributed by atoms with E-state index < -0.39 is 0 Å². The fraction of sp³-hybridized carbons (Fsp3) is 0.769. The molecular weight excluding hydrogens is 230 g/mol. The topological polar surface area (TPSA) is 29.9 Å². The molecule has 0 bridgehead atoms. The highest BCUT2D eigenvalue weighted by Gasteiger charge is 2.09. The summed E-state index contributed by atoms with van der Waals surface area (Å²) in [6.07, 6.45) is 10.8. The molecule has 1 rings (SSSR count). The summed E-state index contributed by atoms with van der Waals surface area (Å²) in [5, 5.41) is 3.64. The lowest BCUT2D eigenvalue weighted by Gasteiger charge is -2.17. The van der Waals surface area contributed by atoms with Crippen LogP contribution in [0.3, 0.4) is 0 Å². The van der Waals surface area contributed by atoms with Gasteiger partial charge in [0.25, 0.3) is 0 Å². The molecule has 98 valence electrons. The number of hydrogen-bond acceptors (Lipinski definition) is 3. The third-order valence-corrected chi connectivity index (χ3v) is 3.63. The van der Waals surface area contributed by atoms with E-state index in [-0.39, 0.29) is 0 Å². The monoisotopic (exact) mass is 255 g/mol. The molecule has 4 heteroatoms. The molecule has 0 fully saturated rings. The van der Waals surface area contributed by atoms with E-state index in [2.05, 4.69) is 35.1 Å². The Morgan fingerprint density at radius 3 is 2.88 bits per heavy atom. The third-order valence-electron chi connectivity index (χ3n) is 2.99. The summed E-state index contributed by atoms with van der Waals surface area (Å²) in [5.41, 5.74) is 0. The van der Waals surface area contributed by atoms with Crippen molar-refractivity contribution in [3.63, 3.8) is 0 Å². The van der Waals surface area contributed by atoms with E-state index in [1.807, 2.05) is 24.2 Å². The first-order chi connectivity index (χ1) is 8.27. The maximum Gasteiger partial charge on any atom is 0.108 e. The van der Waals surface area contributed by atoms with Crippen LogP contribution in [0.25, 0.3) is 0 Å². The summed E-state index contributed by atoms with van der Waals surface area (Å²) in [4.78, 5) is 4.38. The molecule has 1 aromatic heterocycles. The van der Waals surface area contributed by atoms with Crippen LogP contribution in [-0.2, 0) is 13.5 Å². The average molecular weight is 255 g/mol. The molecule has 3 nitrogen and oxygen atoms in total. The zero-order valence-electron chi connectivity index (χ0n) is 11.3. The largest absolute Gasteiger partial charge is 0.338 e. The van der Waals surface area contributed by atoms with Gasteiger partial charge in [-0.1, -0.05) is 6.92 Å². The molecule has 1 unspecified atom stereocenters. The number of aryl methyl sites for hydroxylation is 2. The fourth-order valence-corrected chi connectivity index (χ4v) is 2.42. The normalized spacial score (nSPS) is 12.9. The van der Waals surface area contributed by atoms with Gasteiger partial charge in [-0.15, -0.1) is 0 Å². The van der Waals surface area contributed by atoms with Gasteiger partial charge in [-0.3, -0.25) is 0 Å². The molecule has 1 heterocycles. The van der Waals surface area contributed by atoms with Crippen LogP contribution in [0.5, 0.6) is 0 Å². The maximum absolute atomic E-state index is 4.38. The van der Waals surface area contributed by atoms with Crippen molar-refractivity contribution in [3.8, 4) is 0 Å². The van der Waals surface area contributed by atoms with Crippen LogP contribution >= 0.6 is 11.8 Å². The number of thioether (sulfide) groups is 1. The van der Waals surface area contributed by atoms with E-state index in [1.54, 1.807) is 0 Å². The molecule has 0 spiro atoms. The Morgan fingerprint density at radius 1 is 1.47 bits per heavy atom. The third kappa shape index (κ3) is 5.59. The van der Waals surface area contributed by atoms with Crippen molar-refractivity contribution in [1.29, 1.82) is 0 Å². The van der Waals surface area contributed by atoms with Crippen LogP contribution in [0.2, 0.25) is 0 Å². The average Bonchev–Trinajstić information content (AvgIpc) is 2.74. The SMILES string of the molecule is CCCNC(CCSC)CCc1nccn1C. The van der Waals surface area contributed by atoms with Gasteiger partial charge in [0.05, 0.1) is 0 Å². The number of aromatic nitrogens is 2. The quantitative estimate of drug-likeness (QED) is 0.735. The van der Waals surface area contributed by atoms with Crippen molar-refractivity contribution in [3.05, 3.63) is 18.2 Å². The lowest BCUT2D eigenvalue weighted by molar-refractivity contribution is 0.464. The molecule has 0 aliphatic carbocycles. The lowest BCUT2D eigenvalue weighted by atomic mass is 10.1. The van der Waals surface area contributed by atoms with Gasteiger partial charge in [-0.2, -0.15) is 11.8 Å². The van der Waals surface area contributed by atoms with Crippen molar-refractivity contribution in [2.24, 2.45) is 7.05 Å². The Kier molecular flexibility index (Phi) is 7.37. The van der Waals surface area contributed by atoms with E-state index in [1.165, 1.54) is 30.8 Å². The van der Waals surface area contributed by atoms with E-state index in [9.17, 15) is 0 Å². The molecule has 1 atom stereocenters. The van der Waals surface area contributed by atoms with Crippen molar-refractivity contribution in [2.45, 2.75) is 38.6 Å². The van der Waals surface area contributed by atoms with E-state index >= 15 is 0 Å². The van der Waals surface area contributed by atoms with E-state index in [4.69, 9.17) is 0 Å². The summed E-state index contributed by atoms with van der Waals surface area (Å²) in [7, 11) is 2.07. The van der Waals surface area contributed by atoms with Gasteiger partial charge >= 0.3 is 0 Å². The van der Waals surface area contributed by atoms with Crippen LogP contribution in [0.4, 0.5) is 0 Å². The summed E-state index contributed by atoms with van der Waals surface area (Å²) < 4.78 is 2.12. The summed E-state index contributed by atoms with van der Waals surface area (Å²) >= 11 is 1.93. The first-order valence-electron chi connectivity index (χ1n) is 6.46. The Labute approximate surface area is 109 Å². The van der Waals surface area contributed by atoms with Gasteiger partial charge in [0.15, 0.2) is 0 Å². The summed E-state index contributed by atoms with van der Waals surface area (Å²) in [6, 6.07) is 0.638. The lowest BCUT2D eigenvalue weighted by Crippen LogP contribution is -2.31. The van der Waals surface area contributed by atoms with Crippen LogP contribution in [0, 0.1) is 0 Å². The Balaban J connectivity index is 2.34. The maximum atomic E-state index is 4.38. The molecule has 0 saturated heterocycles.